The monoisotopic (exact) mass is 232 g/mol. The van der Waals surface area contributed by atoms with Crippen LogP contribution in [0.3, 0.4) is 0 Å². The summed E-state index contributed by atoms with van der Waals surface area (Å²) in [6, 6.07) is 6.97. The quantitative estimate of drug-likeness (QED) is 0.810. The van der Waals surface area contributed by atoms with E-state index >= 15 is 0 Å². The Morgan fingerprint density at radius 2 is 2.29 bits per heavy atom. The van der Waals surface area contributed by atoms with E-state index in [1.165, 1.54) is 7.11 Å². The van der Waals surface area contributed by atoms with Crippen LogP contribution >= 0.6 is 0 Å². The fourth-order valence-corrected chi connectivity index (χ4v) is 1.53. The zero-order valence-corrected chi connectivity index (χ0v) is 9.34. The van der Waals surface area contributed by atoms with Gasteiger partial charge in [-0.25, -0.2) is 0 Å². The van der Waals surface area contributed by atoms with Gasteiger partial charge in [0.25, 0.3) is 0 Å². The molecule has 0 fully saturated rings. The Balaban J connectivity index is 2.42. The Kier molecular flexibility index (Phi) is 3.20. The van der Waals surface area contributed by atoms with E-state index in [1.54, 1.807) is 18.2 Å². The smallest absolute Gasteiger partial charge is 0.153 e. The minimum Gasteiger partial charge on any atom is -0.496 e. The summed E-state index contributed by atoms with van der Waals surface area (Å²) < 4.78 is 10.1. The maximum Gasteiger partial charge on any atom is 0.153 e. The van der Waals surface area contributed by atoms with Gasteiger partial charge in [0.2, 0.25) is 0 Å². The highest BCUT2D eigenvalue weighted by molar-refractivity contribution is 5.82. The molecule has 0 atom stereocenters. The number of rotatable bonds is 4. The lowest BCUT2D eigenvalue weighted by Gasteiger charge is -2.04. The first-order valence-corrected chi connectivity index (χ1v) is 5.07. The molecule has 0 aliphatic rings. The fourth-order valence-electron chi connectivity index (χ4n) is 1.53. The average Bonchev–Trinajstić information content (AvgIpc) is 2.86. The Labute approximate surface area is 98.2 Å². The van der Waals surface area contributed by atoms with Gasteiger partial charge in [-0.05, 0) is 18.2 Å². The first kappa shape index (κ1) is 11.3. The van der Waals surface area contributed by atoms with Crippen molar-refractivity contribution < 1.29 is 14.1 Å². The number of hydrogen-bond acceptors (Lipinski definition) is 5. The van der Waals surface area contributed by atoms with E-state index in [0.29, 0.717) is 29.3 Å². The van der Waals surface area contributed by atoms with Crippen LogP contribution < -0.4 is 10.5 Å². The third-order valence-corrected chi connectivity index (χ3v) is 2.41. The van der Waals surface area contributed by atoms with E-state index in [1.807, 2.05) is 6.07 Å². The van der Waals surface area contributed by atoms with E-state index in [2.05, 4.69) is 5.16 Å². The van der Waals surface area contributed by atoms with Gasteiger partial charge < -0.3 is 15.0 Å². The lowest BCUT2D eigenvalue weighted by molar-refractivity contribution is 0.112. The summed E-state index contributed by atoms with van der Waals surface area (Å²) in [5.74, 6) is 1.13. The predicted molar refractivity (Wildman–Crippen MR) is 61.8 cm³/mol. The van der Waals surface area contributed by atoms with Gasteiger partial charge in [0.15, 0.2) is 12.0 Å². The molecule has 0 saturated carbocycles. The van der Waals surface area contributed by atoms with Crippen molar-refractivity contribution in [2.45, 2.75) is 6.54 Å². The van der Waals surface area contributed by atoms with Crippen molar-refractivity contribution in [2.75, 3.05) is 7.11 Å². The van der Waals surface area contributed by atoms with Crippen LogP contribution in [0.25, 0.3) is 11.3 Å². The molecule has 0 unspecified atom stereocenters. The van der Waals surface area contributed by atoms with Crippen LogP contribution in [-0.2, 0) is 6.54 Å². The third kappa shape index (κ3) is 2.19. The normalized spacial score (nSPS) is 10.2. The summed E-state index contributed by atoms with van der Waals surface area (Å²) in [6.45, 7) is 0.295. The standard InChI is InChI=1S/C12H12N2O3/c1-16-12-3-2-8(4-9(12)7-15)11-5-10(6-13)17-14-11/h2-5,7H,6,13H2,1H3. The number of methoxy groups -OCH3 is 1. The molecule has 2 N–H and O–H groups in total. The SMILES string of the molecule is COc1ccc(-c2cc(CN)on2)cc1C=O. The molecule has 0 aliphatic carbocycles. The summed E-state index contributed by atoms with van der Waals surface area (Å²) in [4.78, 5) is 10.9. The van der Waals surface area contributed by atoms with Crippen molar-refractivity contribution in [3.8, 4) is 17.0 Å². The van der Waals surface area contributed by atoms with Crippen LogP contribution in [0, 0.1) is 0 Å². The van der Waals surface area contributed by atoms with Crippen molar-refractivity contribution in [3.05, 3.63) is 35.6 Å². The molecule has 0 amide bonds. The summed E-state index contributed by atoms with van der Waals surface area (Å²) in [6.07, 6.45) is 0.742. The Hall–Kier alpha value is -2.14. The van der Waals surface area contributed by atoms with Crippen molar-refractivity contribution in [1.82, 2.24) is 5.16 Å². The highest BCUT2D eigenvalue weighted by Crippen LogP contribution is 2.25. The highest BCUT2D eigenvalue weighted by atomic mass is 16.5. The molecule has 2 aromatic rings. The minimum absolute atomic E-state index is 0.295. The second kappa shape index (κ2) is 4.80. The molecule has 2 rings (SSSR count). The van der Waals surface area contributed by atoms with Gasteiger partial charge in [0, 0.05) is 11.6 Å². The number of ether oxygens (including phenoxy) is 1. The number of carbonyl (C=O) groups is 1. The van der Waals surface area contributed by atoms with E-state index in [4.69, 9.17) is 15.0 Å². The van der Waals surface area contributed by atoms with Crippen LogP contribution in [0.1, 0.15) is 16.1 Å². The highest BCUT2D eigenvalue weighted by Gasteiger charge is 2.09. The van der Waals surface area contributed by atoms with Crippen LogP contribution in [0.2, 0.25) is 0 Å². The van der Waals surface area contributed by atoms with Gasteiger partial charge in [-0.15, -0.1) is 0 Å². The molecule has 1 aromatic carbocycles. The van der Waals surface area contributed by atoms with E-state index < -0.39 is 0 Å². The summed E-state index contributed by atoms with van der Waals surface area (Å²) in [7, 11) is 1.52. The third-order valence-electron chi connectivity index (χ3n) is 2.41. The Bertz CT molecular complexity index is 534. The molecule has 0 radical (unpaired) electrons. The molecular weight excluding hydrogens is 220 g/mol. The molecule has 17 heavy (non-hydrogen) atoms. The van der Waals surface area contributed by atoms with E-state index in [9.17, 15) is 4.79 Å². The Morgan fingerprint density at radius 3 is 2.88 bits per heavy atom. The summed E-state index contributed by atoms with van der Waals surface area (Å²) in [5.41, 5.74) is 7.34. The molecule has 0 aliphatic heterocycles. The van der Waals surface area contributed by atoms with E-state index in [0.717, 1.165) is 11.8 Å². The minimum atomic E-state index is 0.295. The topological polar surface area (TPSA) is 78.3 Å². The van der Waals surface area contributed by atoms with Gasteiger partial charge in [0.1, 0.15) is 11.4 Å². The molecule has 1 aromatic heterocycles. The second-order valence-electron chi connectivity index (χ2n) is 3.46. The molecule has 5 nitrogen and oxygen atoms in total. The van der Waals surface area contributed by atoms with Crippen LogP contribution in [0.5, 0.6) is 5.75 Å². The number of hydrogen-bond donors (Lipinski definition) is 1. The van der Waals surface area contributed by atoms with E-state index in [-0.39, 0.29) is 0 Å². The predicted octanol–water partition coefficient (Wildman–Crippen LogP) is 1.62. The first-order valence-electron chi connectivity index (χ1n) is 5.07. The number of nitrogens with two attached hydrogens (primary N) is 1. The fraction of sp³-hybridized carbons (Fsp3) is 0.167. The zero-order valence-electron chi connectivity index (χ0n) is 9.34. The Morgan fingerprint density at radius 1 is 1.47 bits per heavy atom. The maximum absolute atomic E-state index is 10.9. The van der Waals surface area contributed by atoms with Gasteiger partial charge in [0.05, 0.1) is 19.2 Å². The number of benzene rings is 1. The van der Waals surface area contributed by atoms with Crippen molar-refractivity contribution in [1.29, 1.82) is 0 Å². The van der Waals surface area contributed by atoms with Gasteiger partial charge in [-0.2, -0.15) is 0 Å². The summed E-state index contributed by atoms with van der Waals surface area (Å²) in [5, 5.41) is 3.88. The van der Waals surface area contributed by atoms with Gasteiger partial charge in [-0.3, -0.25) is 4.79 Å². The van der Waals surface area contributed by atoms with Crippen molar-refractivity contribution >= 4 is 6.29 Å². The van der Waals surface area contributed by atoms with Gasteiger partial charge in [-0.1, -0.05) is 5.16 Å². The van der Waals surface area contributed by atoms with Crippen LogP contribution in [0.4, 0.5) is 0 Å². The summed E-state index contributed by atoms with van der Waals surface area (Å²) >= 11 is 0. The molecule has 5 heteroatoms. The van der Waals surface area contributed by atoms with Crippen LogP contribution in [0.15, 0.2) is 28.8 Å². The maximum atomic E-state index is 10.9. The molecule has 88 valence electrons. The molecule has 0 bridgehead atoms. The lowest BCUT2D eigenvalue weighted by Crippen LogP contribution is -1.92. The number of aromatic nitrogens is 1. The van der Waals surface area contributed by atoms with Gasteiger partial charge >= 0.3 is 0 Å². The number of nitrogens with zero attached hydrogens (tertiary/aromatic N) is 1. The van der Waals surface area contributed by atoms with Crippen molar-refractivity contribution in [3.63, 3.8) is 0 Å². The number of aldehydes is 1. The molecule has 0 spiro atoms. The molecule has 1 heterocycles. The largest absolute Gasteiger partial charge is 0.496 e. The van der Waals surface area contributed by atoms with Crippen molar-refractivity contribution in [2.24, 2.45) is 5.73 Å². The lowest BCUT2D eigenvalue weighted by atomic mass is 10.1. The average molecular weight is 232 g/mol. The molecular formula is C12H12N2O3. The zero-order chi connectivity index (χ0) is 12.3. The van der Waals surface area contributed by atoms with Crippen LogP contribution in [-0.4, -0.2) is 18.6 Å². The molecule has 0 saturated heterocycles. The number of carbonyl (C=O) groups excluding carboxylic acids is 1. The second-order valence-corrected chi connectivity index (χ2v) is 3.46. The first-order chi connectivity index (χ1) is 8.28.